The van der Waals surface area contributed by atoms with Gasteiger partial charge < -0.3 is 14.6 Å². The average Bonchev–Trinajstić information content (AvgIpc) is 2.96. The molecule has 0 bridgehead atoms. The monoisotopic (exact) mass is 419 g/mol. The highest BCUT2D eigenvalue weighted by molar-refractivity contribution is 5.81. The quantitative estimate of drug-likeness (QED) is 0.736. The zero-order valence-corrected chi connectivity index (χ0v) is 19.8. The van der Waals surface area contributed by atoms with Crippen LogP contribution in [0.15, 0.2) is 18.2 Å². The molecule has 0 aliphatic carbocycles. The number of amides is 1. The Hall–Kier alpha value is -2.24. The predicted octanol–water partition coefficient (Wildman–Crippen LogP) is 5.12. The van der Waals surface area contributed by atoms with E-state index >= 15 is 0 Å². The van der Waals surface area contributed by atoms with Crippen LogP contribution in [0.25, 0.3) is 0 Å². The lowest BCUT2D eigenvalue weighted by atomic mass is 9.80. The van der Waals surface area contributed by atoms with Crippen molar-refractivity contribution in [2.45, 2.75) is 97.3 Å². The van der Waals surface area contributed by atoms with Crippen LogP contribution in [0.4, 0.5) is 4.79 Å². The number of hydrogen-bond donors (Lipinski definition) is 1. The standard InChI is InChI=1S/C24H37NO5/c1-22(2,3)15-10-11-19(17(12-15)23(4,5)6)29-16-13-18(20(26)27)25(14-16)21(28)30-24(7,8)9/h10-12,16,18H,13-14H2,1-9H3,(H,26,27)/t16-,18-/m1/s1. The first-order chi connectivity index (χ1) is 13.5. The molecule has 168 valence electrons. The van der Waals surface area contributed by atoms with Gasteiger partial charge in [0.25, 0.3) is 0 Å². The number of carbonyl (C=O) groups is 2. The van der Waals surface area contributed by atoms with Crippen LogP contribution in [0, 0.1) is 0 Å². The van der Waals surface area contributed by atoms with Crippen molar-refractivity contribution < 1.29 is 24.2 Å². The molecule has 2 atom stereocenters. The number of benzene rings is 1. The Kier molecular flexibility index (Phi) is 6.51. The van der Waals surface area contributed by atoms with E-state index in [1.54, 1.807) is 20.8 Å². The van der Waals surface area contributed by atoms with Gasteiger partial charge in [0.1, 0.15) is 23.5 Å². The Bertz CT molecular complexity index is 795. The largest absolute Gasteiger partial charge is 0.488 e. The molecule has 1 N–H and O–H groups in total. The fourth-order valence-electron chi connectivity index (χ4n) is 3.50. The van der Waals surface area contributed by atoms with Crippen LogP contribution < -0.4 is 4.74 Å². The van der Waals surface area contributed by atoms with E-state index in [0.29, 0.717) is 0 Å². The fraction of sp³-hybridized carbons (Fsp3) is 0.667. The second-order valence-electron chi connectivity index (χ2n) is 11.2. The van der Waals surface area contributed by atoms with Crippen molar-refractivity contribution in [3.05, 3.63) is 29.3 Å². The smallest absolute Gasteiger partial charge is 0.411 e. The molecular weight excluding hydrogens is 382 g/mol. The maximum atomic E-state index is 12.5. The Labute approximate surface area is 180 Å². The molecule has 6 nitrogen and oxygen atoms in total. The third kappa shape index (κ3) is 5.89. The van der Waals surface area contributed by atoms with Crippen molar-refractivity contribution in [2.75, 3.05) is 6.54 Å². The van der Waals surface area contributed by atoms with E-state index in [1.807, 2.05) is 6.07 Å². The third-order valence-corrected chi connectivity index (χ3v) is 5.12. The van der Waals surface area contributed by atoms with Gasteiger partial charge in [0.2, 0.25) is 0 Å². The Morgan fingerprint density at radius 2 is 1.60 bits per heavy atom. The summed E-state index contributed by atoms with van der Waals surface area (Å²) in [5.74, 6) is -0.318. The highest BCUT2D eigenvalue weighted by Gasteiger charge is 2.43. The number of carboxylic acid groups (broad SMARTS) is 1. The number of likely N-dealkylation sites (tertiary alicyclic amines) is 1. The van der Waals surface area contributed by atoms with E-state index in [0.717, 1.165) is 11.3 Å². The third-order valence-electron chi connectivity index (χ3n) is 5.12. The summed E-state index contributed by atoms with van der Waals surface area (Å²) in [6.07, 6.45) is -0.820. The van der Waals surface area contributed by atoms with Crippen LogP contribution >= 0.6 is 0 Å². The molecule has 1 amide bonds. The molecular formula is C24H37NO5. The summed E-state index contributed by atoms with van der Waals surface area (Å²) >= 11 is 0. The lowest BCUT2D eigenvalue weighted by Crippen LogP contribution is -2.43. The van der Waals surface area contributed by atoms with Gasteiger partial charge >= 0.3 is 12.1 Å². The van der Waals surface area contributed by atoms with Gasteiger partial charge in [-0.15, -0.1) is 0 Å². The minimum Gasteiger partial charge on any atom is -0.488 e. The van der Waals surface area contributed by atoms with E-state index in [9.17, 15) is 14.7 Å². The van der Waals surface area contributed by atoms with Gasteiger partial charge in [0, 0.05) is 6.42 Å². The maximum Gasteiger partial charge on any atom is 0.411 e. The Morgan fingerprint density at radius 3 is 2.07 bits per heavy atom. The first kappa shape index (κ1) is 24.0. The van der Waals surface area contributed by atoms with E-state index in [1.165, 1.54) is 10.5 Å². The number of carbonyl (C=O) groups excluding carboxylic acids is 1. The van der Waals surface area contributed by atoms with Crippen molar-refractivity contribution in [1.29, 1.82) is 0 Å². The highest BCUT2D eigenvalue weighted by Crippen LogP contribution is 2.37. The summed E-state index contributed by atoms with van der Waals surface area (Å²) in [6.45, 7) is 18.4. The molecule has 30 heavy (non-hydrogen) atoms. The molecule has 0 aromatic heterocycles. The van der Waals surface area contributed by atoms with Crippen LogP contribution in [0.1, 0.15) is 79.9 Å². The average molecular weight is 420 g/mol. The molecule has 6 heteroatoms. The van der Waals surface area contributed by atoms with Gasteiger partial charge in [-0.2, -0.15) is 0 Å². The first-order valence-corrected chi connectivity index (χ1v) is 10.5. The molecule has 1 aliphatic rings. The SMILES string of the molecule is CC(C)(C)OC(=O)N1C[C@H](Oc2ccc(C(C)(C)C)cc2C(C)(C)C)C[C@@H]1C(=O)O. The number of rotatable bonds is 3. The van der Waals surface area contributed by atoms with Crippen molar-refractivity contribution in [2.24, 2.45) is 0 Å². The van der Waals surface area contributed by atoms with Crippen molar-refractivity contribution in [3.8, 4) is 5.75 Å². The van der Waals surface area contributed by atoms with Gasteiger partial charge in [0.15, 0.2) is 0 Å². The van der Waals surface area contributed by atoms with Crippen LogP contribution in [0.2, 0.25) is 0 Å². The molecule has 0 unspecified atom stereocenters. The minimum absolute atomic E-state index is 0.00774. The van der Waals surface area contributed by atoms with Crippen molar-refractivity contribution >= 4 is 12.1 Å². The number of aliphatic carboxylic acids is 1. The maximum absolute atomic E-state index is 12.5. The predicted molar refractivity (Wildman–Crippen MR) is 117 cm³/mol. The lowest BCUT2D eigenvalue weighted by Gasteiger charge is -2.28. The molecule has 1 saturated heterocycles. The van der Waals surface area contributed by atoms with Crippen LogP contribution in [-0.4, -0.2) is 46.4 Å². The van der Waals surface area contributed by atoms with E-state index in [-0.39, 0.29) is 23.8 Å². The second-order valence-corrected chi connectivity index (χ2v) is 11.2. The van der Waals surface area contributed by atoms with E-state index < -0.39 is 29.8 Å². The summed E-state index contributed by atoms with van der Waals surface area (Å²) in [5.41, 5.74) is 1.45. The Balaban J connectivity index is 2.29. The zero-order valence-electron chi connectivity index (χ0n) is 19.8. The summed E-state index contributed by atoms with van der Waals surface area (Å²) < 4.78 is 11.7. The van der Waals surface area contributed by atoms with Crippen molar-refractivity contribution in [1.82, 2.24) is 4.90 Å². The number of carboxylic acids is 1. The number of ether oxygens (including phenoxy) is 2. The highest BCUT2D eigenvalue weighted by atomic mass is 16.6. The van der Waals surface area contributed by atoms with Gasteiger partial charge in [-0.25, -0.2) is 9.59 Å². The van der Waals surface area contributed by atoms with Gasteiger partial charge in [-0.1, -0.05) is 53.7 Å². The van der Waals surface area contributed by atoms with Crippen molar-refractivity contribution in [3.63, 3.8) is 0 Å². The van der Waals surface area contributed by atoms with E-state index in [4.69, 9.17) is 9.47 Å². The van der Waals surface area contributed by atoms with Crippen LogP contribution in [-0.2, 0) is 20.4 Å². The molecule has 1 aromatic carbocycles. The molecule has 1 fully saturated rings. The van der Waals surface area contributed by atoms with Crippen LogP contribution in [0.3, 0.4) is 0 Å². The summed E-state index contributed by atoms with van der Waals surface area (Å²) in [5, 5.41) is 9.62. The summed E-state index contributed by atoms with van der Waals surface area (Å²) in [6, 6.07) is 5.23. The van der Waals surface area contributed by atoms with Gasteiger partial charge in [-0.05, 0) is 48.8 Å². The molecule has 0 saturated carbocycles. The molecule has 2 rings (SSSR count). The minimum atomic E-state index is -1.05. The van der Waals surface area contributed by atoms with Gasteiger partial charge in [-0.3, -0.25) is 4.90 Å². The van der Waals surface area contributed by atoms with E-state index in [2.05, 4.69) is 53.7 Å². The molecule has 1 heterocycles. The Morgan fingerprint density at radius 1 is 1.00 bits per heavy atom. The number of nitrogens with zero attached hydrogens (tertiary/aromatic N) is 1. The first-order valence-electron chi connectivity index (χ1n) is 10.5. The molecule has 0 radical (unpaired) electrons. The number of hydrogen-bond acceptors (Lipinski definition) is 4. The molecule has 0 spiro atoms. The van der Waals surface area contributed by atoms with Gasteiger partial charge in [0.05, 0.1) is 6.54 Å². The molecule has 1 aromatic rings. The molecule has 1 aliphatic heterocycles. The summed E-state index contributed by atoms with van der Waals surface area (Å²) in [4.78, 5) is 25.6. The van der Waals surface area contributed by atoms with Crippen LogP contribution in [0.5, 0.6) is 5.75 Å². The lowest BCUT2D eigenvalue weighted by molar-refractivity contribution is -0.142. The zero-order chi connectivity index (χ0) is 23.1. The fourth-order valence-corrected chi connectivity index (χ4v) is 3.50. The topological polar surface area (TPSA) is 76.1 Å². The summed E-state index contributed by atoms with van der Waals surface area (Å²) in [7, 11) is 0. The normalized spacial score (nSPS) is 20.2. The second kappa shape index (κ2) is 8.12.